The third-order valence-electron chi connectivity index (χ3n) is 2.82. The Kier molecular flexibility index (Phi) is 1.97. The molecule has 0 radical (unpaired) electrons. The Morgan fingerprint density at radius 1 is 1.25 bits per heavy atom. The van der Waals surface area contributed by atoms with Crippen LogP contribution in [0.1, 0.15) is 22.8 Å². The molecule has 1 aliphatic heterocycles. The molecule has 0 fully saturated rings. The summed E-state index contributed by atoms with van der Waals surface area (Å²) in [6.07, 6.45) is 7.26. The van der Waals surface area contributed by atoms with Crippen LogP contribution in [0.15, 0.2) is 41.0 Å². The second kappa shape index (κ2) is 3.46. The van der Waals surface area contributed by atoms with Crippen molar-refractivity contribution in [3.8, 4) is 18.1 Å². The van der Waals surface area contributed by atoms with Crippen LogP contribution in [-0.2, 0) is 6.61 Å². The van der Waals surface area contributed by atoms with Gasteiger partial charge in [0.25, 0.3) is 0 Å². The van der Waals surface area contributed by atoms with Crippen LogP contribution in [0.4, 0.5) is 0 Å². The normalized spacial score (nSPS) is 17.6. The summed E-state index contributed by atoms with van der Waals surface area (Å²) >= 11 is 0. The summed E-state index contributed by atoms with van der Waals surface area (Å²) < 4.78 is 11.2. The Hall–Kier alpha value is -2.14. The minimum Gasteiger partial charge on any atom is -0.488 e. The Labute approximate surface area is 93.8 Å². The second-order valence-electron chi connectivity index (χ2n) is 3.74. The van der Waals surface area contributed by atoms with Gasteiger partial charge < -0.3 is 9.15 Å². The smallest absolute Gasteiger partial charge is 0.129 e. The molecule has 1 aromatic carbocycles. The van der Waals surface area contributed by atoms with Crippen molar-refractivity contribution in [2.75, 3.05) is 0 Å². The molecule has 0 spiro atoms. The van der Waals surface area contributed by atoms with Crippen LogP contribution in [0.25, 0.3) is 0 Å². The first-order valence-electron chi connectivity index (χ1n) is 5.14. The van der Waals surface area contributed by atoms with Crippen molar-refractivity contribution in [1.82, 2.24) is 0 Å². The predicted octanol–water partition coefficient (Wildman–Crippen LogP) is 2.94. The number of fused-ring (bicyclic) bond motifs is 2. The molecule has 2 nitrogen and oxygen atoms in total. The SMILES string of the molecule is C#CC1c2ccccc2OCc2ccoc21. The van der Waals surface area contributed by atoms with Gasteiger partial charge in [0.05, 0.1) is 6.26 Å². The Morgan fingerprint density at radius 2 is 2.12 bits per heavy atom. The molecule has 0 amide bonds. The number of rotatable bonds is 0. The number of terminal acetylenes is 1. The van der Waals surface area contributed by atoms with Crippen molar-refractivity contribution in [1.29, 1.82) is 0 Å². The molecule has 16 heavy (non-hydrogen) atoms. The number of furan rings is 1. The molecule has 0 saturated heterocycles. The van der Waals surface area contributed by atoms with Crippen LogP contribution in [0.5, 0.6) is 5.75 Å². The lowest BCUT2D eigenvalue weighted by atomic mass is 9.95. The molecule has 2 aromatic rings. The van der Waals surface area contributed by atoms with Crippen LogP contribution in [0.3, 0.4) is 0 Å². The minimum atomic E-state index is -0.149. The van der Waals surface area contributed by atoms with Gasteiger partial charge in [-0.1, -0.05) is 24.1 Å². The summed E-state index contributed by atoms with van der Waals surface area (Å²) in [5.41, 5.74) is 2.03. The summed E-state index contributed by atoms with van der Waals surface area (Å²) in [4.78, 5) is 0. The van der Waals surface area contributed by atoms with Crippen LogP contribution in [0, 0.1) is 12.3 Å². The van der Waals surface area contributed by atoms with E-state index in [1.165, 1.54) is 0 Å². The number of para-hydroxylation sites is 1. The lowest BCUT2D eigenvalue weighted by Gasteiger charge is -2.09. The molecule has 0 N–H and O–H groups in total. The number of hydrogen-bond donors (Lipinski definition) is 0. The highest BCUT2D eigenvalue weighted by Crippen LogP contribution is 2.37. The molecular formula is C14H10O2. The fourth-order valence-corrected chi connectivity index (χ4v) is 2.03. The zero-order chi connectivity index (χ0) is 11.0. The van der Waals surface area contributed by atoms with E-state index in [2.05, 4.69) is 5.92 Å². The molecule has 0 bridgehead atoms. The lowest BCUT2D eigenvalue weighted by Crippen LogP contribution is -1.96. The second-order valence-corrected chi connectivity index (χ2v) is 3.74. The van der Waals surface area contributed by atoms with Gasteiger partial charge in [-0.05, 0) is 12.1 Å². The Balaban J connectivity index is 2.22. The first-order chi connectivity index (χ1) is 7.90. The van der Waals surface area contributed by atoms with E-state index in [0.717, 1.165) is 22.6 Å². The van der Waals surface area contributed by atoms with Crippen LogP contribution in [0.2, 0.25) is 0 Å². The molecule has 78 valence electrons. The van der Waals surface area contributed by atoms with Crippen molar-refractivity contribution >= 4 is 0 Å². The number of benzene rings is 1. The number of ether oxygens (including phenoxy) is 1. The maximum absolute atomic E-state index is 5.71. The van der Waals surface area contributed by atoms with Gasteiger partial charge in [0.1, 0.15) is 24.0 Å². The van der Waals surface area contributed by atoms with E-state index in [1.807, 2.05) is 30.3 Å². The third kappa shape index (κ3) is 1.22. The Bertz CT molecular complexity index is 560. The van der Waals surface area contributed by atoms with E-state index in [9.17, 15) is 0 Å². The van der Waals surface area contributed by atoms with E-state index in [0.29, 0.717) is 6.61 Å². The van der Waals surface area contributed by atoms with Gasteiger partial charge in [-0.3, -0.25) is 0 Å². The Morgan fingerprint density at radius 3 is 3.00 bits per heavy atom. The summed E-state index contributed by atoms with van der Waals surface area (Å²) in [6, 6.07) is 9.73. The molecule has 2 heteroatoms. The fourth-order valence-electron chi connectivity index (χ4n) is 2.03. The molecule has 0 saturated carbocycles. The van der Waals surface area contributed by atoms with Crippen molar-refractivity contribution in [3.63, 3.8) is 0 Å². The highest BCUT2D eigenvalue weighted by atomic mass is 16.5. The summed E-state index contributed by atoms with van der Waals surface area (Å²) in [7, 11) is 0. The topological polar surface area (TPSA) is 22.4 Å². The van der Waals surface area contributed by atoms with Crippen LogP contribution >= 0.6 is 0 Å². The first kappa shape index (κ1) is 9.11. The van der Waals surface area contributed by atoms with E-state index >= 15 is 0 Å². The van der Waals surface area contributed by atoms with E-state index in [1.54, 1.807) is 6.26 Å². The predicted molar refractivity (Wildman–Crippen MR) is 60.2 cm³/mol. The van der Waals surface area contributed by atoms with Crippen molar-refractivity contribution in [3.05, 3.63) is 53.5 Å². The van der Waals surface area contributed by atoms with Crippen molar-refractivity contribution < 1.29 is 9.15 Å². The zero-order valence-corrected chi connectivity index (χ0v) is 8.64. The maximum atomic E-state index is 5.71. The lowest BCUT2D eigenvalue weighted by molar-refractivity contribution is 0.306. The minimum absolute atomic E-state index is 0.149. The van der Waals surface area contributed by atoms with E-state index in [-0.39, 0.29) is 5.92 Å². The van der Waals surface area contributed by atoms with Gasteiger partial charge in [0.15, 0.2) is 0 Å². The zero-order valence-electron chi connectivity index (χ0n) is 8.64. The van der Waals surface area contributed by atoms with E-state index < -0.39 is 0 Å². The summed E-state index contributed by atoms with van der Waals surface area (Å²) in [5, 5.41) is 0. The monoisotopic (exact) mass is 210 g/mol. The van der Waals surface area contributed by atoms with Gasteiger partial charge in [-0.25, -0.2) is 0 Å². The van der Waals surface area contributed by atoms with E-state index in [4.69, 9.17) is 15.6 Å². The van der Waals surface area contributed by atoms with Gasteiger partial charge in [0.2, 0.25) is 0 Å². The molecule has 3 rings (SSSR count). The van der Waals surface area contributed by atoms with Gasteiger partial charge in [-0.15, -0.1) is 6.42 Å². The third-order valence-corrected chi connectivity index (χ3v) is 2.82. The highest BCUT2D eigenvalue weighted by molar-refractivity contribution is 5.47. The molecule has 0 aliphatic carbocycles. The molecule has 1 aliphatic rings. The van der Waals surface area contributed by atoms with Crippen molar-refractivity contribution in [2.24, 2.45) is 0 Å². The largest absolute Gasteiger partial charge is 0.488 e. The summed E-state index contributed by atoms with van der Waals surface area (Å²) in [6.45, 7) is 0.515. The maximum Gasteiger partial charge on any atom is 0.129 e. The first-order valence-corrected chi connectivity index (χ1v) is 5.14. The average Bonchev–Trinajstić information content (AvgIpc) is 2.72. The molecular weight excluding hydrogens is 200 g/mol. The van der Waals surface area contributed by atoms with Crippen LogP contribution in [-0.4, -0.2) is 0 Å². The number of hydrogen-bond acceptors (Lipinski definition) is 2. The van der Waals surface area contributed by atoms with Gasteiger partial charge >= 0.3 is 0 Å². The molecule has 1 unspecified atom stereocenters. The molecule has 1 aromatic heterocycles. The van der Waals surface area contributed by atoms with Crippen LogP contribution < -0.4 is 4.74 Å². The molecule has 1 atom stereocenters. The quantitative estimate of drug-likeness (QED) is 0.624. The average molecular weight is 210 g/mol. The van der Waals surface area contributed by atoms with Gasteiger partial charge in [-0.2, -0.15) is 0 Å². The van der Waals surface area contributed by atoms with Gasteiger partial charge in [0, 0.05) is 11.1 Å². The summed E-state index contributed by atoms with van der Waals surface area (Å²) in [5.74, 6) is 4.29. The fraction of sp³-hybridized carbons (Fsp3) is 0.143. The highest BCUT2D eigenvalue weighted by Gasteiger charge is 2.25. The standard InChI is InChI=1S/C14H10O2/c1-2-11-12-5-3-4-6-13(12)16-9-10-7-8-15-14(10)11/h1,3-8,11H,9H2. The molecule has 2 heterocycles. The van der Waals surface area contributed by atoms with Crippen molar-refractivity contribution in [2.45, 2.75) is 12.5 Å².